The highest BCUT2D eigenvalue weighted by Crippen LogP contribution is 2.31. The molecule has 0 unspecified atom stereocenters. The molecule has 0 saturated heterocycles. The molecule has 0 aromatic heterocycles. The minimum atomic E-state index is -0.268. The molecule has 2 nitrogen and oxygen atoms in total. The van der Waals surface area contributed by atoms with E-state index in [9.17, 15) is 0 Å². The zero-order valence-corrected chi connectivity index (χ0v) is 11.3. The highest BCUT2D eigenvalue weighted by Gasteiger charge is 2.31. The molecule has 14 heavy (non-hydrogen) atoms. The number of hydrogen-bond donors (Lipinski definition) is 0. The first-order valence-corrected chi connectivity index (χ1v) is 7.99. The van der Waals surface area contributed by atoms with Crippen molar-refractivity contribution in [3.8, 4) is 0 Å². The fourth-order valence-corrected chi connectivity index (χ4v) is 3.79. The molecule has 0 heterocycles. The number of ether oxygens (including phenoxy) is 2. The van der Waals surface area contributed by atoms with Crippen molar-refractivity contribution < 1.29 is 9.47 Å². The second-order valence-electron chi connectivity index (χ2n) is 4.38. The van der Waals surface area contributed by atoms with Crippen molar-refractivity contribution in [2.24, 2.45) is 5.92 Å². The van der Waals surface area contributed by atoms with Gasteiger partial charge >= 0.3 is 0 Å². The lowest BCUT2D eigenvalue weighted by Gasteiger charge is -2.35. The molecule has 0 aliphatic heterocycles. The monoisotopic (exact) mass is 216 g/mol. The van der Waals surface area contributed by atoms with Gasteiger partial charge in [0.15, 0.2) is 0 Å². The van der Waals surface area contributed by atoms with Crippen molar-refractivity contribution in [3.63, 3.8) is 0 Å². The van der Waals surface area contributed by atoms with Gasteiger partial charge in [-0.1, -0.05) is 38.7 Å². The molecule has 0 spiro atoms. The lowest BCUT2D eigenvalue weighted by Crippen LogP contribution is -2.41. The number of hydrogen-bond acceptors (Lipinski definition) is 2. The van der Waals surface area contributed by atoms with E-state index < -0.39 is 0 Å². The Hall–Kier alpha value is 0.137. The second kappa shape index (κ2) is 5.88. The van der Waals surface area contributed by atoms with Gasteiger partial charge in [0.1, 0.15) is 5.41 Å². The number of methoxy groups -OCH3 is 2. The summed E-state index contributed by atoms with van der Waals surface area (Å²) in [7, 11) is 3.32. The summed E-state index contributed by atoms with van der Waals surface area (Å²) in [4.78, 5) is 0. The van der Waals surface area contributed by atoms with Crippen LogP contribution in [0.15, 0.2) is 0 Å². The van der Waals surface area contributed by atoms with E-state index in [1.807, 2.05) is 0 Å². The molecule has 1 saturated carbocycles. The Balaban J connectivity index is 2.44. The normalized spacial score (nSPS) is 20.8. The first-order valence-electron chi connectivity index (χ1n) is 5.86. The second-order valence-corrected chi connectivity index (χ2v) is 6.17. The number of rotatable bonds is 5. The minimum absolute atomic E-state index is 0.179. The maximum Gasteiger partial charge on any atom is 0.144 e. The molecule has 3 heteroatoms. The van der Waals surface area contributed by atoms with Gasteiger partial charge in [0.2, 0.25) is 0 Å². The van der Waals surface area contributed by atoms with Gasteiger partial charge in [-0.3, -0.25) is 0 Å². The molecular formula is C11H24O2Si. The van der Waals surface area contributed by atoms with Crippen LogP contribution in [-0.4, -0.2) is 29.1 Å². The summed E-state index contributed by atoms with van der Waals surface area (Å²) in [6.07, 6.45) is 8.11. The van der Waals surface area contributed by atoms with Crippen molar-refractivity contribution in [2.45, 2.75) is 50.5 Å². The van der Waals surface area contributed by atoms with Crippen LogP contribution in [0.1, 0.15) is 38.5 Å². The fraction of sp³-hybridized carbons (Fsp3) is 1.00. The van der Waals surface area contributed by atoms with Crippen LogP contribution in [0.4, 0.5) is 0 Å². The Kier molecular flexibility index (Phi) is 5.13. The standard InChI is InChI=1S/C11H24O2Si/c1-12-11(13-2,14-3)9-10-7-5-4-6-8-10/h10H,4-9,14H2,1-3H3. The van der Waals surface area contributed by atoms with E-state index in [2.05, 4.69) is 6.55 Å². The Labute approximate surface area is 90.2 Å². The van der Waals surface area contributed by atoms with E-state index in [1.54, 1.807) is 14.2 Å². The van der Waals surface area contributed by atoms with E-state index in [-0.39, 0.29) is 14.9 Å². The molecule has 0 amide bonds. The van der Waals surface area contributed by atoms with Crippen molar-refractivity contribution in [1.82, 2.24) is 0 Å². The Morgan fingerprint density at radius 3 is 2.14 bits per heavy atom. The van der Waals surface area contributed by atoms with Crippen molar-refractivity contribution >= 4 is 9.52 Å². The Bertz CT molecular complexity index is 143. The van der Waals surface area contributed by atoms with Gasteiger partial charge in [-0.05, 0) is 12.3 Å². The molecule has 1 rings (SSSR count). The van der Waals surface area contributed by atoms with Crippen molar-refractivity contribution in [3.05, 3.63) is 0 Å². The Morgan fingerprint density at radius 1 is 1.14 bits per heavy atom. The average Bonchev–Trinajstić information content (AvgIpc) is 2.28. The zero-order chi connectivity index (χ0) is 10.4. The molecule has 0 aromatic rings. The first kappa shape index (κ1) is 12.2. The summed E-state index contributed by atoms with van der Waals surface area (Å²) in [6.45, 7) is 2.27. The van der Waals surface area contributed by atoms with E-state index in [4.69, 9.17) is 9.47 Å². The Morgan fingerprint density at radius 2 is 1.71 bits per heavy atom. The maximum atomic E-state index is 5.58. The lowest BCUT2D eigenvalue weighted by molar-refractivity contribution is -0.157. The van der Waals surface area contributed by atoms with Crippen LogP contribution in [0.25, 0.3) is 0 Å². The molecule has 0 radical (unpaired) electrons. The van der Waals surface area contributed by atoms with Gasteiger partial charge in [-0.15, -0.1) is 0 Å². The molecule has 0 N–H and O–H groups in total. The topological polar surface area (TPSA) is 18.5 Å². The third kappa shape index (κ3) is 3.07. The third-order valence-corrected chi connectivity index (χ3v) is 5.55. The van der Waals surface area contributed by atoms with Gasteiger partial charge in [-0.2, -0.15) is 0 Å². The molecule has 0 aromatic carbocycles. The van der Waals surface area contributed by atoms with E-state index in [0.29, 0.717) is 0 Å². The smallest absolute Gasteiger partial charge is 0.144 e. The third-order valence-electron chi connectivity index (χ3n) is 3.61. The molecule has 1 aliphatic rings. The van der Waals surface area contributed by atoms with Crippen LogP contribution in [0.5, 0.6) is 0 Å². The van der Waals surface area contributed by atoms with Gasteiger partial charge in [0.25, 0.3) is 0 Å². The maximum absolute atomic E-state index is 5.58. The van der Waals surface area contributed by atoms with Crippen LogP contribution in [0.3, 0.4) is 0 Å². The van der Waals surface area contributed by atoms with E-state index in [0.717, 1.165) is 12.3 Å². The molecule has 0 bridgehead atoms. The van der Waals surface area contributed by atoms with Gasteiger partial charge in [0, 0.05) is 14.2 Å². The largest absolute Gasteiger partial charge is 0.358 e. The molecule has 0 atom stereocenters. The first-order chi connectivity index (χ1) is 6.76. The summed E-state index contributed by atoms with van der Waals surface area (Å²) < 4.78 is 11.2. The van der Waals surface area contributed by atoms with Crippen LogP contribution >= 0.6 is 0 Å². The quantitative estimate of drug-likeness (QED) is 0.518. The van der Waals surface area contributed by atoms with E-state index in [1.165, 1.54) is 32.1 Å². The zero-order valence-electron chi connectivity index (χ0n) is 9.84. The van der Waals surface area contributed by atoms with Crippen molar-refractivity contribution in [1.29, 1.82) is 0 Å². The predicted octanol–water partition coefficient (Wildman–Crippen LogP) is 2.12. The molecular weight excluding hydrogens is 192 g/mol. The van der Waals surface area contributed by atoms with Crippen LogP contribution < -0.4 is 0 Å². The lowest BCUT2D eigenvalue weighted by atomic mass is 9.87. The highest BCUT2D eigenvalue weighted by atomic mass is 28.2. The summed E-state index contributed by atoms with van der Waals surface area (Å²) in [6, 6.07) is 0. The molecule has 1 fully saturated rings. The summed E-state index contributed by atoms with van der Waals surface area (Å²) in [5, 5.41) is 0. The van der Waals surface area contributed by atoms with Crippen LogP contribution in [0.2, 0.25) is 6.55 Å². The molecule has 84 valence electrons. The highest BCUT2D eigenvalue weighted by molar-refractivity contribution is 6.37. The van der Waals surface area contributed by atoms with Crippen molar-refractivity contribution in [2.75, 3.05) is 14.2 Å². The molecule has 1 aliphatic carbocycles. The average molecular weight is 216 g/mol. The predicted molar refractivity (Wildman–Crippen MR) is 62.3 cm³/mol. The van der Waals surface area contributed by atoms with E-state index >= 15 is 0 Å². The SMILES string of the molecule is COC(CC1CCCCC1)(OC)[SiH2]C. The van der Waals surface area contributed by atoms with Gasteiger partial charge < -0.3 is 9.47 Å². The van der Waals surface area contributed by atoms with Gasteiger partial charge in [-0.25, -0.2) is 0 Å². The summed E-state index contributed by atoms with van der Waals surface area (Å²) in [5.74, 6) is 0.844. The summed E-state index contributed by atoms with van der Waals surface area (Å²) in [5.41, 5.74) is -0.179. The van der Waals surface area contributed by atoms with Crippen LogP contribution in [0, 0.1) is 5.92 Å². The van der Waals surface area contributed by atoms with Gasteiger partial charge in [0.05, 0.1) is 9.52 Å². The minimum Gasteiger partial charge on any atom is -0.358 e. The summed E-state index contributed by atoms with van der Waals surface area (Å²) >= 11 is 0. The van der Waals surface area contributed by atoms with Crippen LogP contribution in [-0.2, 0) is 9.47 Å². The fourth-order valence-electron chi connectivity index (χ4n) is 2.51.